The van der Waals surface area contributed by atoms with Gasteiger partial charge in [-0.1, -0.05) is 38.3 Å². The van der Waals surface area contributed by atoms with Crippen LogP contribution in [0.2, 0.25) is 0 Å². The number of halogens is 4. The van der Waals surface area contributed by atoms with Gasteiger partial charge in [0.2, 0.25) is 0 Å². The van der Waals surface area contributed by atoms with E-state index in [0.717, 1.165) is 30.5 Å². The fourth-order valence-corrected chi connectivity index (χ4v) is 3.35. The molecule has 1 aliphatic rings. The fraction of sp³-hybridized carbons (Fsp3) is 0.625. The average molecular weight is 305 g/mol. The van der Waals surface area contributed by atoms with E-state index in [0.29, 0.717) is 6.42 Å². The van der Waals surface area contributed by atoms with Gasteiger partial charge in [0.05, 0.1) is 5.56 Å². The molecule has 1 fully saturated rings. The summed E-state index contributed by atoms with van der Waals surface area (Å²) >= 11 is 6.54. The van der Waals surface area contributed by atoms with Gasteiger partial charge in [-0.05, 0) is 42.4 Å². The SMILES string of the molecule is CC1(C(Cl)Cc2ccc(C(F)(F)F)cc2)CCCCC1. The van der Waals surface area contributed by atoms with Crippen LogP contribution in [0.3, 0.4) is 0 Å². The first kappa shape index (κ1) is 15.7. The number of alkyl halides is 4. The summed E-state index contributed by atoms with van der Waals surface area (Å²) in [6.07, 6.45) is 2.26. The fourth-order valence-electron chi connectivity index (χ4n) is 2.96. The van der Waals surface area contributed by atoms with Crippen molar-refractivity contribution in [3.8, 4) is 0 Å². The Balaban J connectivity index is 2.02. The van der Waals surface area contributed by atoms with Gasteiger partial charge in [-0.15, -0.1) is 11.6 Å². The molecule has 1 aliphatic carbocycles. The lowest BCUT2D eigenvalue weighted by molar-refractivity contribution is -0.137. The largest absolute Gasteiger partial charge is 0.416 e. The second-order valence-electron chi connectivity index (χ2n) is 6.08. The molecule has 0 heterocycles. The van der Waals surface area contributed by atoms with Crippen LogP contribution in [-0.2, 0) is 12.6 Å². The lowest BCUT2D eigenvalue weighted by atomic mass is 9.72. The zero-order chi connectivity index (χ0) is 14.8. The number of hydrogen-bond donors (Lipinski definition) is 0. The zero-order valence-electron chi connectivity index (χ0n) is 11.6. The van der Waals surface area contributed by atoms with Gasteiger partial charge in [-0.3, -0.25) is 0 Å². The highest BCUT2D eigenvalue weighted by Crippen LogP contribution is 2.42. The molecule has 0 radical (unpaired) electrons. The topological polar surface area (TPSA) is 0 Å². The molecular formula is C16H20ClF3. The Morgan fingerprint density at radius 2 is 1.65 bits per heavy atom. The molecule has 20 heavy (non-hydrogen) atoms. The molecule has 2 rings (SSSR count). The summed E-state index contributed by atoms with van der Waals surface area (Å²) in [6, 6.07) is 5.37. The highest BCUT2D eigenvalue weighted by Gasteiger charge is 2.34. The van der Waals surface area contributed by atoms with E-state index in [-0.39, 0.29) is 10.8 Å². The number of hydrogen-bond acceptors (Lipinski definition) is 0. The summed E-state index contributed by atoms with van der Waals surface area (Å²) in [5, 5.41) is -0.0143. The Bertz CT molecular complexity index is 430. The molecule has 0 saturated heterocycles. The second kappa shape index (κ2) is 5.97. The van der Waals surface area contributed by atoms with E-state index < -0.39 is 11.7 Å². The Morgan fingerprint density at radius 1 is 1.10 bits per heavy atom. The molecule has 0 bridgehead atoms. The first-order valence-corrected chi connectivity index (χ1v) is 7.55. The minimum Gasteiger partial charge on any atom is -0.166 e. The monoisotopic (exact) mass is 304 g/mol. The maximum Gasteiger partial charge on any atom is 0.416 e. The Kier molecular flexibility index (Phi) is 4.68. The summed E-state index contributed by atoms with van der Waals surface area (Å²) < 4.78 is 37.5. The summed E-state index contributed by atoms with van der Waals surface area (Å²) in [4.78, 5) is 0. The van der Waals surface area contributed by atoms with Crippen molar-refractivity contribution in [1.82, 2.24) is 0 Å². The zero-order valence-corrected chi connectivity index (χ0v) is 12.4. The van der Waals surface area contributed by atoms with E-state index in [9.17, 15) is 13.2 Å². The van der Waals surface area contributed by atoms with Crippen molar-refractivity contribution >= 4 is 11.6 Å². The summed E-state index contributed by atoms with van der Waals surface area (Å²) in [5.74, 6) is 0. The van der Waals surface area contributed by atoms with E-state index >= 15 is 0 Å². The summed E-state index contributed by atoms with van der Waals surface area (Å²) in [6.45, 7) is 2.20. The Morgan fingerprint density at radius 3 is 2.15 bits per heavy atom. The molecule has 1 aromatic carbocycles. The molecule has 4 heteroatoms. The number of benzene rings is 1. The molecule has 1 atom stereocenters. The average Bonchev–Trinajstić information content (AvgIpc) is 2.39. The third-order valence-corrected chi connectivity index (χ3v) is 5.13. The van der Waals surface area contributed by atoms with Crippen LogP contribution in [0.15, 0.2) is 24.3 Å². The molecule has 0 N–H and O–H groups in total. The number of rotatable bonds is 3. The summed E-state index contributed by atoms with van der Waals surface area (Å²) in [5.41, 5.74) is 0.392. The molecule has 0 aliphatic heterocycles. The highest BCUT2D eigenvalue weighted by atomic mass is 35.5. The lowest BCUT2D eigenvalue weighted by Gasteiger charge is -2.37. The van der Waals surface area contributed by atoms with Gasteiger partial charge in [0.15, 0.2) is 0 Å². The van der Waals surface area contributed by atoms with Crippen molar-refractivity contribution < 1.29 is 13.2 Å². The first-order chi connectivity index (χ1) is 9.31. The first-order valence-electron chi connectivity index (χ1n) is 7.11. The van der Waals surface area contributed by atoms with Crippen LogP contribution in [-0.4, -0.2) is 5.38 Å². The van der Waals surface area contributed by atoms with E-state index in [1.807, 2.05) is 0 Å². The van der Waals surface area contributed by atoms with Crippen LogP contribution in [0.4, 0.5) is 13.2 Å². The molecule has 1 aromatic rings. The predicted molar refractivity (Wildman–Crippen MR) is 76.0 cm³/mol. The van der Waals surface area contributed by atoms with E-state index in [1.165, 1.54) is 19.3 Å². The summed E-state index contributed by atoms with van der Waals surface area (Å²) in [7, 11) is 0. The lowest BCUT2D eigenvalue weighted by Crippen LogP contribution is -2.32. The molecule has 1 saturated carbocycles. The molecule has 0 aromatic heterocycles. The molecule has 0 amide bonds. The molecule has 0 spiro atoms. The standard InChI is InChI=1S/C16H20ClF3/c1-15(9-3-2-4-10-15)14(17)11-12-5-7-13(8-6-12)16(18,19)20/h5-8,14H,2-4,9-11H2,1H3. The molecule has 0 nitrogen and oxygen atoms in total. The van der Waals surface area contributed by atoms with Crippen molar-refractivity contribution in [1.29, 1.82) is 0 Å². The highest BCUT2D eigenvalue weighted by molar-refractivity contribution is 6.21. The smallest absolute Gasteiger partial charge is 0.166 e. The van der Waals surface area contributed by atoms with Crippen LogP contribution in [0.1, 0.15) is 50.2 Å². The maximum absolute atomic E-state index is 12.5. The van der Waals surface area contributed by atoms with Gasteiger partial charge < -0.3 is 0 Å². The third-order valence-electron chi connectivity index (χ3n) is 4.45. The third kappa shape index (κ3) is 3.69. The predicted octanol–water partition coefficient (Wildman–Crippen LogP) is 5.83. The minimum absolute atomic E-state index is 0.0143. The Labute approximate surface area is 123 Å². The van der Waals surface area contributed by atoms with E-state index in [2.05, 4.69) is 6.92 Å². The van der Waals surface area contributed by atoms with E-state index in [4.69, 9.17) is 11.6 Å². The van der Waals surface area contributed by atoms with Gasteiger partial charge in [0.25, 0.3) is 0 Å². The normalized spacial score (nSPS) is 20.6. The van der Waals surface area contributed by atoms with Crippen molar-refractivity contribution in [2.45, 2.75) is 57.0 Å². The van der Waals surface area contributed by atoms with Crippen molar-refractivity contribution in [3.05, 3.63) is 35.4 Å². The van der Waals surface area contributed by atoms with Gasteiger partial charge in [-0.2, -0.15) is 13.2 Å². The van der Waals surface area contributed by atoms with Gasteiger partial charge >= 0.3 is 6.18 Å². The molecular weight excluding hydrogens is 285 g/mol. The van der Waals surface area contributed by atoms with Crippen molar-refractivity contribution in [3.63, 3.8) is 0 Å². The van der Waals surface area contributed by atoms with E-state index in [1.54, 1.807) is 12.1 Å². The quantitative estimate of drug-likeness (QED) is 0.617. The molecule has 1 unspecified atom stereocenters. The van der Waals surface area contributed by atoms with Gasteiger partial charge in [-0.25, -0.2) is 0 Å². The maximum atomic E-state index is 12.5. The van der Waals surface area contributed by atoms with Gasteiger partial charge in [0, 0.05) is 5.38 Å². The molecule has 112 valence electrons. The van der Waals surface area contributed by atoms with Crippen molar-refractivity contribution in [2.24, 2.45) is 5.41 Å². The van der Waals surface area contributed by atoms with Gasteiger partial charge in [0.1, 0.15) is 0 Å². The van der Waals surface area contributed by atoms with Crippen LogP contribution in [0.5, 0.6) is 0 Å². The Hall–Kier alpha value is -0.700. The van der Waals surface area contributed by atoms with Crippen LogP contribution in [0, 0.1) is 5.41 Å². The van der Waals surface area contributed by atoms with Crippen LogP contribution >= 0.6 is 11.6 Å². The second-order valence-corrected chi connectivity index (χ2v) is 6.61. The van der Waals surface area contributed by atoms with Crippen molar-refractivity contribution in [2.75, 3.05) is 0 Å². The van der Waals surface area contributed by atoms with Crippen LogP contribution in [0.25, 0.3) is 0 Å². The minimum atomic E-state index is -4.27. The van der Waals surface area contributed by atoms with Crippen LogP contribution < -0.4 is 0 Å².